The molecule has 0 saturated carbocycles. The Balaban J connectivity index is 1.69. The molecule has 2 aromatic rings. The van der Waals surface area contributed by atoms with Gasteiger partial charge in [-0.3, -0.25) is 4.98 Å². The Morgan fingerprint density at radius 2 is 2.11 bits per heavy atom. The van der Waals surface area contributed by atoms with Crippen molar-refractivity contribution in [2.24, 2.45) is 0 Å². The second-order valence-corrected chi connectivity index (χ2v) is 5.83. The number of aromatic nitrogens is 2. The van der Waals surface area contributed by atoms with Crippen LogP contribution >= 0.6 is 11.3 Å². The summed E-state index contributed by atoms with van der Waals surface area (Å²) in [5.41, 5.74) is 1.10. The molecular formula is C14H17N3S. The molecule has 1 aliphatic heterocycles. The Morgan fingerprint density at radius 1 is 1.22 bits per heavy atom. The molecule has 3 rings (SSSR count). The summed E-state index contributed by atoms with van der Waals surface area (Å²) in [6.45, 7) is 2.27. The van der Waals surface area contributed by atoms with E-state index in [-0.39, 0.29) is 0 Å². The lowest BCUT2D eigenvalue weighted by molar-refractivity contribution is 0.465. The van der Waals surface area contributed by atoms with E-state index in [0.29, 0.717) is 5.92 Å². The van der Waals surface area contributed by atoms with Crippen molar-refractivity contribution in [2.45, 2.75) is 25.2 Å². The van der Waals surface area contributed by atoms with Crippen LogP contribution in [0.5, 0.6) is 0 Å². The number of nitrogens with zero attached hydrogens (tertiary/aromatic N) is 2. The lowest BCUT2D eigenvalue weighted by Crippen LogP contribution is -2.26. The second-order valence-electron chi connectivity index (χ2n) is 4.68. The molecule has 0 radical (unpaired) electrons. The summed E-state index contributed by atoms with van der Waals surface area (Å²) < 4.78 is 0. The first-order chi connectivity index (χ1) is 8.92. The van der Waals surface area contributed by atoms with Gasteiger partial charge in [0.05, 0.1) is 5.01 Å². The minimum absolute atomic E-state index is 0.709. The minimum Gasteiger partial charge on any atom is -0.317 e. The van der Waals surface area contributed by atoms with Crippen LogP contribution in [-0.2, 0) is 6.42 Å². The Labute approximate surface area is 111 Å². The van der Waals surface area contributed by atoms with Crippen molar-refractivity contribution < 1.29 is 0 Å². The van der Waals surface area contributed by atoms with Gasteiger partial charge in [-0.25, -0.2) is 4.98 Å². The van der Waals surface area contributed by atoms with Crippen molar-refractivity contribution in [1.82, 2.24) is 15.3 Å². The van der Waals surface area contributed by atoms with Gasteiger partial charge in [0.25, 0.3) is 0 Å². The third kappa shape index (κ3) is 2.76. The number of hydrogen-bond acceptors (Lipinski definition) is 4. The number of piperidine rings is 1. The van der Waals surface area contributed by atoms with Gasteiger partial charge in [-0.05, 0) is 44.0 Å². The molecule has 0 atom stereocenters. The Hall–Kier alpha value is -1.26. The van der Waals surface area contributed by atoms with E-state index in [0.717, 1.165) is 25.2 Å². The number of nitrogens with one attached hydrogen (secondary N) is 1. The maximum atomic E-state index is 4.54. The first-order valence-electron chi connectivity index (χ1n) is 6.47. The average molecular weight is 259 g/mol. The van der Waals surface area contributed by atoms with Gasteiger partial charge < -0.3 is 5.32 Å². The van der Waals surface area contributed by atoms with Crippen LogP contribution < -0.4 is 5.32 Å². The molecule has 1 N–H and O–H groups in total. The summed E-state index contributed by atoms with van der Waals surface area (Å²) in [6.07, 6.45) is 7.25. The van der Waals surface area contributed by atoms with E-state index in [4.69, 9.17) is 0 Å². The fraction of sp³-hybridized carbons (Fsp3) is 0.429. The number of hydrogen-bond donors (Lipinski definition) is 1. The van der Waals surface area contributed by atoms with Gasteiger partial charge in [0.1, 0.15) is 0 Å². The third-order valence-corrected chi connectivity index (χ3v) is 4.53. The molecule has 94 valence electrons. The van der Waals surface area contributed by atoms with E-state index in [9.17, 15) is 0 Å². The highest BCUT2D eigenvalue weighted by Crippen LogP contribution is 2.30. The highest BCUT2D eigenvalue weighted by molar-refractivity contribution is 7.11. The smallest absolute Gasteiger partial charge is 0.0987 e. The highest BCUT2D eigenvalue weighted by Gasteiger charge is 2.17. The lowest BCUT2D eigenvalue weighted by Gasteiger charge is -2.20. The van der Waals surface area contributed by atoms with Gasteiger partial charge in [-0.1, -0.05) is 6.07 Å². The first-order valence-corrected chi connectivity index (χ1v) is 7.29. The standard InChI is InChI=1S/C14H17N3S/c1-2-6-16-12(3-1)9-14-17-10-13(18-14)11-4-7-15-8-5-11/h1-3,6,10-11,15H,4-5,7-9H2. The summed E-state index contributed by atoms with van der Waals surface area (Å²) in [7, 11) is 0. The fourth-order valence-electron chi connectivity index (χ4n) is 2.36. The number of pyridine rings is 1. The van der Waals surface area contributed by atoms with Crippen LogP contribution in [-0.4, -0.2) is 23.1 Å². The maximum absolute atomic E-state index is 4.54. The van der Waals surface area contributed by atoms with Gasteiger partial charge in [0, 0.05) is 29.4 Å². The van der Waals surface area contributed by atoms with Gasteiger partial charge in [0.15, 0.2) is 0 Å². The molecule has 0 spiro atoms. The molecular weight excluding hydrogens is 242 g/mol. The molecule has 1 aliphatic rings. The topological polar surface area (TPSA) is 37.8 Å². The summed E-state index contributed by atoms with van der Waals surface area (Å²) in [4.78, 5) is 10.3. The average Bonchev–Trinajstić information content (AvgIpc) is 2.89. The van der Waals surface area contributed by atoms with Crippen LogP contribution in [0.1, 0.15) is 34.3 Å². The van der Waals surface area contributed by atoms with Crippen LogP contribution in [0, 0.1) is 0 Å². The Morgan fingerprint density at radius 3 is 2.89 bits per heavy atom. The van der Waals surface area contributed by atoms with E-state index in [2.05, 4.69) is 27.5 Å². The molecule has 1 saturated heterocycles. The zero-order valence-electron chi connectivity index (χ0n) is 10.3. The molecule has 3 nitrogen and oxygen atoms in total. The molecule has 0 amide bonds. The molecule has 1 fully saturated rings. The molecule has 2 aromatic heterocycles. The predicted octanol–water partition coefficient (Wildman–Crippen LogP) is 2.60. The van der Waals surface area contributed by atoms with Gasteiger partial charge in [0.2, 0.25) is 0 Å². The van der Waals surface area contributed by atoms with E-state index in [1.807, 2.05) is 29.7 Å². The maximum Gasteiger partial charge on any atom is 0.0987 e. The fourth-order valence-corrected chi connectivity index (χ4v) is 3.46. The van der Waals surface area contributed by atoms with Crippen LogP contribution in [0.2, 0.25) is 0 Å². The van der Waals surface area contributed by atoms with E-state index in [1.165, 1.54) is 22.7 Å². The molecule has 3 heterocycles. The van der Waals surface area contributed by atoms with E-state index in [1.54, 1.807) is 0 Å². The van der Waals surface area contributed by atoms with Crippen LogP contribution in [0.15, 0.2) is 30.6 Å². The molecule has 0 bridgehead atoms. The zero-order valence-corrected chi connectivity index (χ0v) is 11.1. The molecule has 4 heteroatoms. The molecule has 18 heavy (non-hydrogen) atoms. The van der Waals surface area contributed by atoms with Crippen LogP contribution in [0.3, 0.4) is 0 Å². The molecule has 0 aliphatic carbocycles. The Bertz CT molecular complexity index is 489. The van der Waals surface area contributed by atoms with Gasteiger partial charge in [-0.15, -0.1) is 11.3 Å². The Kier molecular flexibility index (Phi) is 3.67. The van der Waals surface area contributed by atoms with E-state index < -0.39 is 0 Å². The zero-order chi connectivity index (χ0) is 12.2. The van der Waals surface area contributed by atoms with Crippen LogP contribution in [0.4, 0.5) is 0 Å². The molecule has 0 aromatic carbocycles. The third-order valence-electron chi connectivity index (χ3n) is 3.37. The minimum atomic E-state index is 0.709. The van der Waals surface area contributed by atoms with Crippen molar-refractivity contribution >= 4 is 11.3 Å². The van der Waals surface area contributed by atoms with Crippen molar-refractivity contribution in [3.8, 4) is 0 Å². The summed E-state index contributed by atoms with van der Waals surface area (Å²) in [5, 5.41) is 4.59. The predicted molar refractivity (Wildman–Crippen MR) is 74.0 cm³/mol. The normalized spacial score (nSPS) is 16.9. The summed E-state index contributed by atoms with van der Waals surface area (Å²) in [5.74, 6) is 0.709. The van der Waals surface area contributed by atoms with Crippen molar-refractivity contribution in [3.05, 3.63) is 46.2 Å². The van der Waals surface area contributed by atoms with Crippen molar-refractivity contribution in [3.63, 3.8) is 0 Å². The summed E-state index contributed by atoms with van der Waals surface area (Å²) >= 11 is 1.86. The second kappa shape index (κ2) is 5.59. The monoisotopic (exact) mass is 259 g/mol. The van der Waals surface area contributed by atoms with Crippen molar-refractivity contribution in [1.29, 1.82) is 0 Å². The lowest BCUT2D eigenvalue weighted by atomic mass is 9.97. The highest BCUT2D eigenvalue weighted by atomic mass is 32.1. The SMILES string of the molecule is c1ccc(Cc2ncc(C3CCNCC3)s2)nc1. The summed E-state index contributed by atoms with van der Waals surface area (Å²) in [6, 6.07) is 6.04. The quantitative estimate of drug-likeness (QED) is 0.920. The van der Waals surface area contributed by atoms with E-state index >= 15 is 0 Å². The number of thiazole rings is 1. The largest absolute Gasteiger partial charge is 0.317 e. The number of rotatable bonds is 3. The van der Waals surface area contributed by atoms with Crippen molar-refractivity contribution in [2.75, 3.05) is 13.1 Å². The van der Waals surface area contributed by atoms with Gasteiger partial charge in [-0.2, -0.15) is 0 Å². The van der Waals surface area contributed by atoms with Gasteiger partial charge >= 0.3 is 0 Å². The first kappa shape index (κ1) is 11.8. The van der Waals surface area contributed by atoms with Crippen LogP contribution in [0.25, 0.3) is 0 Å². The molecule has 0 unspecified atom stereocenters.